The molecule has 0 aliphatic rings. The summed E-state index contributed by atoms with van der Waals surface area (Å²) in [6.07, 6.45) is 1.73. The SMILES string of the molecule is O=c1n(Cc2cccs2)nc2ccccn12. The Morgan fingerprint density at radius 1 is 1.25 bits per heavy atom. The number of pyridine rings is 1. The fraction of sp³-hybridized carbons (Fsp3) is 0.0909. The summed E-state index contributed by atoms with van der Waals surface area (Å²) >= 11 is 1.63. The van der Waals surface area contributed by atoms with E-state index in [9.17, 15) is 4.79 Å². The molecule has 0 amide bonds. The molecule has 0 fully saturated rings. The molecular weight excluding hydrogens is 222 g/mol. The van der Waals surface area contributed by atoms with E-state index in [0.29, 0.717) is 12.2 Å². The molecule has 0 atom stereocenters. The van der Waals surface area contributed by atoms with Gasteiger partial charge in [-0.15, -0.1) is 16.4 Å². The Hall–Kier alpha value is -1.88. The van der Waals surface area contributed by atoms with Gasteiger partial charge in [-0.25, -0.2) is 9.48 Å². The Labute approximate surface area is 95.4 Å². The van der Waals surface area contributed by atoms with Gasteiger partial charge in [-0.3, -0.25) is 4.40 Å². The van der Waals surface area contributed by atoms with Crippen LogP contribution in [-0.4, -0.2) is 14.2 Å². The molecule has 5 heteroatoms. The number of aromatic nitrogens is 3. The van der Waals surface area contributed by atoms with Crippen LogP contribution in [0.5, 0.6) is 0 Å². The van der Waals surface area contributed by atoms with Gasteiger partial charge < -0.3 is 0 Å². The summed E-state index contributed by atoms with van der Waals surface area (Å²) in [6, 6.07) is 9.50. The van der Waals surface area contributed by atoms with E-state index in [1.807, 2.05) is 35.7 Å². The highest BCUT2D eigenvalue weighted by atomic mass is 32.1. The molecule has 0 bridgehead atoms. The van der Waals surface area contributed by atoms with Gasteiger partial charge in [-0.1, -0.05) is 12.1 Å². The first kappa shape index (κ1) is 9.35. The smallest absolute Gasteiger partial charge is 0.250 e. The number of thiophene rings is 1. The molecule has 0 saturated carbocycles. The number of rotatable bonds is 2. The molecule has 4 nitrogen and oxygen atoms in total. The van der Waals surface area contributed by atoms with Crippen molar-refractivity contribution in [2.45, 2.75) is 6.54 Å². The average Bonchev–Trinajstić information content (AvgIpc) is 2.90. The molecule has 0 N–H and O–H groups in total. The maximum Gasteiger partial charge on any atom is 0.350 e. The van der Waals surface area contributed by atoms with Gasteiger partial charge in [0.15, 0.2) is 5.65 Å². The molecule has 3 aromatic rings. The van der Waals surface area contributed by atoms with Crippen molar-refractivity contribution >= 4 is 17.0 Å². The predicted octanol–water partition coefficient (Wildman–Crippen LogP) is 1.61. The number of nitrogens with zero attached hydrogens (tertiary/aromatic N) is 3. The third-order valence-electron chi connectivity index (χ3n) is 2.37. The van der Waals surface area contributed by atoms with Gasteiger partial charge in [-0.05, 0) is 23.6 Å². The highest BCUT2D eigenvalue weighted by Gasteiger charge is 2.06. The van der Waals surface area contributed by atoms with E-state index in [2.05, 4.69) is 5.10 Å². The lowest BCUT2D eigenvalue weighted by Gasteiger charge is -1.93. The number of fused-ring (bicyclic) bond motifs is 1. The first-order chi connectivity index (χ1) is 7.84. The van der Waals surface area contributed by atoms with Crippen LogP contribution in [0.15, 0.2) is 46.7 Å². The van der Waals surface area contributed by atoms with Gasteiger partial charge in [-0.2, -0.15) is 0 Å². The van der Waals surface area contributed by atoms with E-state index in [4.69, 9.17) is 0 Å². The Kier molecular flexibility index (Phi) is 2.11. The molecule has 0 spiro atoms. The van der Waals surface area contributed by atoms with Crippen LogP contribution in [-0.2, 0) is 6.54 Å². The molecule has 3 heterocycles. The van der Waals surface area contributed by atoms with Crippen molar-refractivity contribution < 1.29 is 0 Å². The van der Waals surface area contributed by atoms with Crippen LogP contribution in [0.1, 0.15) is 4.88 Å². The quantitative estimate of drug-likeness (QED) is 0.672. The summed E-state index contributed by atoms with van der Waals surface area (Å²) in [6.45, 7) is 0.540. The normalized spacial score (nSPS) is 11.0. The highest BCUT2D eigenvalue weighted by Crippen LogP contribution is 2.09. The first-order valence-electron chi connectivity index (χ1n) is 4.91. The molecular formula is C11H9N3OS. The molecule has 0 aromatic carbocycles. The van der Waals surface area contributed by atoms with E-state index >= 15 is 0 Å². The lowest BCUT2D eigenvalue weighted by atomic mass is 10.5. The zero-order valence-corrected chi connectivity index (χ0v) is 9.22. The average molecular weight is 231 g/mol. The molecule has 0 saturated heterocycles. The lowest BCUT2D eigenvalue weighted by Crippen LogP contribution is -2.21. The maximum absolute atomic E-state index is 11.9. The van der Waals surface area contributed by atoms with Gasteiger partial charge in [0.25, 0.3) is 0 Å². The summed E-state index contributed by atoms with van der Waals surface area (Å²) in [5.41, 5.74) is 0.591. The Morgan fingerprint density at radius 3 is 2.94 bits per heavy atom. The Balaban J connectivity index is 2.11. The van der Waals surface area contributed by atoms with Gasteiger partial charge in [0.2, 0.25) is 0 Å². The van der Waals surface area contributed by atoms with E-state index < -0.39 is 0 Å². The van der Waals surface area contributed by atoms with Crippen LogP contribution >= 0.6 is 11.3 Å². The predicted molar refractivity (Wildman–Crippen MR) is 62.9 cm³/mol. The van der Waals surface area contributed by atoms with Crippen LogP contribution in [0.4, 0.5) is 0 Å². The molecule has 16 heavy (non-hydrogen) atoms. The van der Waals surface area contributed by atoms with E-state index in [-0.39, 0.29) is 5.69 Å². The first-order valence-corrected chi connectivity index (χ1v) is 5.79. The van der Waals surface area contributed by atoms with Crippen molar-refractivity contribution in [2.75, 3.05) is 0 Å². The second kappa shape index (κ2) is 3.61. The molecule has 3 aromatic heterocycles. The topological polar surface area (TPSA) is 39.3 Å². The molecule has 0 unspecified atom stereocenters. The molecule has 80 valence electrons. The fourth-order valence-corrected chi connectivity index (χ4v) is 2.31. The third kappa shape index (κ3) is 1.45. The van der Waals surface area contributed by atoms with Crippen molar-refractivity contribution in [2.24, 2.45) is 0 Å². The van der Waals surface area contributed by atoms with Gasteiger partial charge in [0, 0.05) is 11.1 Å². The van der Waals surface area contributed by atoms with Crippen LogP contribution in [0.25, 0.3) is 5.65 Å². The van der Waals surface area contributed by atoms with Crippen molar-refractivity contribution in [3.63, 3.8) is 0 Å². The van der Waals surface area contributed by atoms with Crippen LogP contribution in [0, 0.1) is 0 Å². The zero-order valence-electron chi connectivity index (χ0n) is 8.41. The van der Waals surface area contributed by atoms with E-state index in [1.54, 1.807) is 21.9 Å². The number of hydrogen-bond donors (Lipinski definition) is 0. The van der Waals surface area contributed by atoms with Gasteiger partial charge >= 0.3 is 5.69 Å². The van der Waals surface area contributed by atoms with Crippen molar-refractivity contribution in [1.29, 1.82) is 0 Å². The lowest BCUT2D eigenvalue weighted by molar-refractivity contribution is 0.666. The van der Waals surface area contributed by atoms with E-state index in [1.165, 1.54) is 4.68 Å². The monoisotopic (exact) mass is 231 g/mol. The van der Waals surface area contributed by atoms with Crippen molar-refractivity contribution in [3.05, 3.63) is 57.3 Å². The molecule has 0 aliphatic heterocycles. The zero-order chi connectivity index (χ0) is 11.0. The highest BCUT2D eigenvalue weighted by molar-refractivity contribution is 7.09. The standard InChI is InChI=1S/C11H9N3OS/c15-11-13-6-2-1-5-10(13)12-14(11)8-9-4-3-7-16-9/h1-7H,8H2. The van der Waals surface area contributed by atoms with Crippen LogP contribution < -0.4 is 5.69 Å². The van der Waals surface area contributed by atoms with Crippen LogP contribution in [0.2, 0.25) is 0 Å². The Morgan fingerprint density at radius 2 is 2.19 bits per heavy atom. The fourth-order valence-electron chi connectivity index (χ4n) is 1.62. The third-order valence-corrected chi connectivity index (χ3v) is 3.24. The second-order valence-electron chi connectivity index (χ2n) is 3.45. The maximum atomic E-state index is 11.9. The van der Waals surface area contributed by atoms with Crippen molar-refractivity contribution in [3.8, 4) is 0 Å². The van der Waals surface area contributed by atoms with Crippen molar-refractivity contribution in [1.82, 2.24) is 14.2 Å². The van der Waals surface area contributed by atoms with Gasteiger partial charge in [0.05, 0.1) is 6.54 Å². The summed E-state index contributed by atoms with van der Waals surface area (Å²) in [7, 11) is 0. The number of hydrogen-bond acceptors (Lipinski definition) is 3. The van der Waals surface area contributed by atoms with E-state index in [0.717, 1.165) is 4.88 Å². The summed E-state index contributed by atoms with van der Waals surface area (Å²) in [5, 5.41) is 6.26. The Bertz CT molecular complexity index is 666. The summed E-state index contributed by atoms with van der Waals surface area (Å²) in [5.74, 6) is 0. The summed E-state index contributed by atoms with van der Waals surface area (Å²) < 4.78 is 3.04. The molecule has 0 radical (unpaired) electrons. The van der Waals surface area contributed by atoms with Gasteiger partial charge in [0.1, 0.15) is 0 Å². The largest absolute Gasteiger partial charge is 0.350 e. The molecule has 3 rings (SSSR count). The minimum atomic E-state index is -0.0935. The minimum absolute atomic E-state index is 0.0935. The molecule has 0 aliphatic carbocycles. The van der Waals surface area contributed by atoms with Crippen LogP contribution in [0.3, 0.4) is 0 Å². The minimum Gasteiger partial charge on any atom is -0.250 e. The summed E-state index contributed by atoms with van der Waals surface area (Å²) in [4.78, 5) is 13.1. The second-order valence-corrected chi connectivity index (χ2v) is 4.48.